The van der Waals surface area contributed by atoms with Crippen molar-refractivity contribution >= 4 is 16.6 Å². The molecule has 0 aromatic heterocycles. The lowest BCUT2D eigenvalue weighted by atomic mass is 9.98. The Kier molecular flexibility index (Phi) is 5.59. The molecule has 134 valence electrons. The number of hydrogen-bond donors (Lipinski definition) is 2. The van der Waals surface area contributed by atoms with E-state index in [0.717, 1.165) is 30.4 Å². The number of benzene rings is 2. The van der Waals surface area contributed by atoms with Crippen LogP contribution in [0.2, 0.25) is 0 Å². The van der Waals surface area contributed by atoms with E-state index in [0.29, 0.717) is 24.4 Å². The summed E-state index contributed by atoms with van der Waals surface area (Å²) in [5.41, 5.74) is 3.90. The molecule has 0 aliphatic carbocycles. The average Bonchev–Trinajstić information content (AvgIpc) is 2.57. The molecule has 5 heteroatoms. The maximum atomic E-state index is 11.9. The third kappa shape index (κ3) is 4.70. The minimum Gasteiger partial charge on any atom is -0.295 e. The van der Waals surface area contributed by atoms with Crippen molar-refractivity contribution in [2.75, 3.05) is 12.3 Å². The Morgan fingerprint density at radius 3 is 2.44 bits per heavy atom. The molecule has 0 bridgehead atoms. The van der Waals surface area contributed by atoms with Gasteiger partial charge in [0, 0.05) is 18.7 Å². The van der Waals surface area contributed by atoms with Gasteiger partial charge in [-0.05, 0) is 55.0 Å². The second-order valence-corrected chi connectivity index (χ2v) is 8.85. The van der Waals surface area contributed by atoms with Gasteiger partial charge in [0.05, 0.1) is 5.75 Å². The van der Waals surface area contributed by atoms with Gasteiger partial charge in [-0.3, -0.25) is 13.9 Å². The molecule has 0 spiro atoms. The molecule has 25 heavy (non-hydrogen) atoms. The highest BCUT2D eigenvalue weighted by atomic mass is 32.3. The summed E-state index contributed by atoms with van der Waals surface area (Å²) in [6.45, 7) is 2.71. The fourth-order valence-corrected chi connectivity index (χ4v) is 4.86. The molecule has 2 aromatic rings. The van der Waals surface area contributed by atoms with Crippen molar-refractivity contribution in [2.45, 2.75) is 32.7 Å². The number of hydrogen-bond acceptors (Lipinski definition) is 4. The molecule has 3 rings (SSSR count). The standard InChI is InChI=1S/C20H25NO3S/c1-16(22)20-13-18(11-17-7-3-2-4-8-17)12-19(14-20)15-21-9-5-6-10-25(21,23)24/h2-4,7-8,12-14,23-24H,5-6,9-11,15H2,1H3. The fourth-order valence-electron chi connectivity index (χ4n) is 3.24. The fraction of sp³-hybridized carbons (Fsp3) is 0.350. The molecule has 1 heterocycles. The highest BCUT2D eigenvalue weighted by Gasteiger charge is 2.26. The van der Waals surface area contributed by atoms with Crippen molar-refractivity contribution in [3.8, 4) is 0 Å². The summed E-state index contributed by atoms with van der Waals surface area (Å²) >= 11 is 0. The van der Waals surface area contributed by atoms with E-state index in [1.54, 1.807) is 11.2 Å². The first kappa shape index (κ1) is 18.1. The molecule has 0 amide bonds. The predicted molar refractivity (Wildman–Crippen MR) is 103 cm³/mol. The molecule has 0 saturated carbocycles. The zero-order chi connectivity index (χ0) is 17.9. The van der Waals surface area contributed by atoms with E-state index in [1.165, 1.54) is 5.56 Å². The van der Waals surface area contributed by atoms with E-state index < -0.39 is 10.8 Å². The van der Waals surface area contributed by atoms with Crippen LogP contribution in [0.15, 0.2) is 48.5 Å². The Morgan fingerprint density at radius 2 is 1.76 bits per heavy atom. The molecule has 1 fully saturated rings. The number of ketones is 1. The van der Waals surface area contributed by atoms with Crippen molar-refractivity contribution in [1.29, 1.82) is 0 Å². The van der Waals surface area contributed by atoms with Crippen molar-refractivity contribution in [3.63, 3.8) is 0 Å². The van der Waals surface area contributed by atoms with Crippen LogP contribution in [0.25, 0.3) is 0 Å². The van der Waals surface area contributed by atoms with Gasteiger partial charge in [-0.15, -0.1) is 10.8 Å². The molecule has 2 aromatic carbocycles. The Labute approximate surface area is 151 Å². The monoisotopic (exact) mass is 359 g/mol. The number of rotatable bonds is 5. The Hall–Kier alpha value is -1.66. The van der Waals surface area contributed by atoms with E-state index in [2.05, 4.69) is 18.2 Å². The number of carbonyl (C=O) groups excluding carboxylic acids is 1. The summed E-state index contributed by atoms with van der Waals surface area (Å²) in [7, 11) is -2.68. The Balaban J connectivity index is 1.86. The summed E-state index contributed by atoms with van der Waals surface area (Å²) in [5.74, 6) is 0.470. The van der Waals surface area contributed by atoms with Gasteiger partial charge >= 0.3 is 0 Å². The van der Waals surface area contributed by atoms with Crippen molar-refractivity contribution in [1.82, 2.24) is 4.31 Å². The SMILES string of the molecule is CC(=O)c1cc(Cc2ccccc2)cc(CN2CCCCS2(O)O)c1. The van der Waals surface area contributed by atoms with Gasteiger partial charge < -0.3 is 0 Å². The minimum absolute atomic E-state index is 0.0291. The van der Waals surface area contributed by atoms with Crippen LogP contribution in [0.3, 0.4) is 0 Å². The number of nitrogens with zero attached hydrogens (tertiary/aromatic N) is 1. The molecular formula is C20H25NO3S. The molecule has 0 atom stereocenters. The third-order valence-electron chi connectivity index (χ3n) is 4.56. The summed E-state index contributed by atoms with van der Waals surface area (Å²) < 4.78 is 22.3. The smallest absolute Gasteiger partial charge is 0.159 e. The quantitative estimate of drug-likeness (QED) is 0.757. The van der Waals surface area contributed by atoms with Crippen LogP contribution in [-0.2, 0) is 13.0 Å². The lowest BCUT2D eigenvalue weighted by Gasteiger charge is -2.46. The van der Waals surface area contributed by atoms with Crippen LogP contribution in [0.4, 0.5) is 0 Å². The molecule has 1 saturated heterocycles. The Bertz CT molecular complexity index is 746. The second-order valence-electron chi connectivity index (χ2n) is 6.66. The van der Waals surface area contributed by atoms with Crippen molar-refractivity contribution in [3.05, 3.63) is 70.8 Å². The first-order valence-corrected chi connectivity index (χ1v) is 10.3. The zero-order valence-electron chi connectivity index (χ0n) is 14.5. The molecule has 2 N–H and O–H groups in total. The highest BCUT2D eigenvalue weighted by Crippen LogP contribution is 2.47. The van der Waals surface area contributed by atoms with Crippen LogP contribution in [-0.4, -0.2) is 31.5 Å². The largest absolute Gasteiger partial charge is 0.295 e. The van der Waals surface area contributed by atoms with Gasteiger partial charge in [-0.1, -0.05) is 36.4 Å². The lowest BCUT2D eigenvalue weighted by molar-refractivity contribution is 0.101. The van der Waals surface area contributed by atoms with E-state index >= 15 is 0 Å². The first-order valence-electron chi connectivity index (χ1n) is 8.63. The summed E-state index contributed by atoms with van der Waals surface area (Å²) in [5, 5.41) is 0. The minimum atomic E-state index is -2.68. The van der Waals surface area contributed by atoms with E-state index in [1.807, 2.05) is 30.3 Å². The van der Waals surface area contributed by atoms with Gasteiger partial charge in [0.15, 0.2) is 5.78 Å². The molecule has 0 unspecified atom stereocenters. The summed E-state index contributed by atoms with van der Waals surface area (Å²) in [6, 6.07) is 16.0. The van der Waals surface area contributed by atoms with Gasteiger partial charge in [0.1, 0.15) is 0 Å². The van der Waals surface area contributed by atoms with E-state index in [4.69, 9.17) is 0 Å². The van der Waals surface area contributed by atoms with Crippen molar-refractivity contribution < 1.29 is 13.9 Å². The van der Waals surface area contributed by atoms with Crippen LogP contribution in [0, 0.1) is 0 Å². The summed E-state index contributed by atoms with van der Waals surface area (Å²) in [4.78, 5) is 11.9. The maximum absolute atomic E-state index is 11.9. The lowest BCUT2D eigenvalue weighted by Crippen LogP contribution is -2.33. The molecule has 1 aliphatic rings. The number of Topliss-reactive ketones (excluding diaryl/α,β-unsaturated/α-hetero) is 1. The molecular weight excluding hydrogens is 334 g/mol. The van der Waals surface area contributed by atoms with Gasteiger partial charge in [-0.2, -0.15) is 0 Å². The average molecular weight is 359 g/mol. The topological polar surface area (TPSA) is 60.8 Å². The second kappa shape index (κ2) is 7.70. The van der Waals surface area contributed by atoms with E-state index in [9.17, 15) is 13.9 Å². The zero-order valence-corrected chi connectivity index (χ0v) is 15.3. The third-order valence-corrected chi connectivity index (χ3v) is 6.53. The van der Waals surface area contributed by atoms with Crippen LogP contribution >= 0.6 is 10.8 Å². The summed E-state index contributed by atoms with van der Waals surface area (Å²) in [6.07, 6.45) is 2.58. The normalized spacial score (nSPS) is 18.7. The van der Waals surface area contributed by atoms with Gasteiger partial charge in [0.25, 0.3) is 0 Å². The molecule has 4 nitrogen and oxygen atoms in total. The number of carbonyl (C=O) groups is 1. The first-order chi connectivity index (χ1) is 11.9. The van der Waals surface area contributed by atoms with E-state index in [-0.39, 0.29) is 5.78 Å². The van der Waals surface area contributed by atoms with Crippen molar-refractivity contribution in [2.24, 2.45) is 0 Å². The maximum Gasteiger partial charge on any atom is 0.159 e. The van der Waals surface area contributed by atoms with Crippen LogP contribution in [0.1, 0.15) is 46.8 Å². The van der Waals surface area contributed by atoms with Crippen LogP contribution in [0.5, 0.6) is 0 Å². The van der Waals surface area contributed by atoms with Crippen LogP contribution < -0.4 is 0 Å². The molecule has 1 aliphatic heterocycles. The van der Waals surface area contributed by atoms with Gasteiger partial charge in [0.2, 0.25) is 0 Å². The van der Waals surface area contributed by atoms with Gasteiger partial charge in [-0.25, -0.2) is 4.31 Å². The predicted octanol–water partition coefficient (Wildman–Crippen LogP) is 4.74. The molecule has 0 radical (unpaired) electrons. The highest BCUT2D eigenvalue weighted by molar-refractivity contribution is 8.22. The Morgan fingerprint density at radius 1 is 1.04 bits per heavy atom.